The number of piperidine rings is 1. The van der Waals surface area contributed by atoms with E-state index in [1.54, 1.807) is 0 Å². The van der Waals surface area contributed by atoms with Crippen molar-refractivity contribution in [2.75, 3.05) is 31.1 Å². The summed E-state index contributed by atoms with van der Waals surface area (Å²) >= 11 is 2.01. The second-order valence-electron chi connectivity index (χ2n) is 4.79. The zero-order chi connectivity index (χ0) is 12.5. The molecule has 1 fully saturated rings. The van der Waals surface area contributed by atoms with Gasteiger partial charge in [-0.15, -0.1) is 0 Å². The molecule has 0 aromatic rings. The van der Waals surface area contributed by atoms with Crippen molar-refractivity contribution in [2.24, 2.45) is 5.92 Å². The molecule has 17 heavy (non-hydrogen) atoms. The Morgan fingerprint density at radius 3 is 3.06 bits per heavy atom. The van der Waals surface area contributed by atoms with Gasteiger partial charge >= 0.3 is 5.97 Å². The first-order valence-corrected chi connectivity index (χ1v) is 7.89. The molecule has 0 aromatic carbocycles. The van der Waals surface area contributed by atoms with Crippen molar-refractivity contribution in [3.05, 3.63) is 0 Å². The van der Waals surface area contributed by atoms with Gasteiger partial charge in [0.2, 0.25) is 0 Å². The highest BCUT2D eigenvalue weighted by Crippen LogP contribution is 2.21. The molecule has 0 aromatic heterocycles. The molecular weight excluding hydrogens is 234 g/mol. The Labute approximate surface area is 109 Å². The largest absolute Gasteiger partial charge is 0.481 e. The van der Waals surface area contributed by atoms with Crippen molar-refractivity contribution in [1.29, 1.82) is 0 Å². The minimum Gasteiger partial charge on any atom is -0.481 e. The lowest BCUT2D eigenvalue weighted by Gasteiger charge is -2.32. The van der Waals surface area contributed by atoms with E-state index in [1.165, 1.54) is 43.9 Å². The van der Waals surface area contributed by atoms with Gasteiger partial charge in [0, 0.05) is 13.0 Å². The maximum atomic E-state index is 10.6. The summed E-state index contributed by atoms with van der Waals surface area (Å²) in [4.78, 5) is 13.1. The van der Waals surface area contributed by atoms with Crippen LogP contribution in [0.3, 0.4) is 0 Å². The van der Waals surface area contributed by atoms with Crippen LogP contribution in [-0.2, 0) is 4.79 Å². The van der Waals surface area contributed by atoms with E-state index < -0.39 is 5.97 Å². The van der Waals surface area contributed by atoms with Crippen LogP contribution >= 0.6 is 11.8 Å². The summed E-state index contributed by atoms with van der Waals surface area (Å²) in [6.45, 7) is 5.72. The molecule has 1 N–H and O–H groups in total. The molecule has 1 aliphatic heterocycles. The lowest BCUT2D eigenvalue weighted by molar-refractivity contribution is -0.137. The van der Waals surface area contributed by atoms with Gasteiger partial charge in [-0.3, -0.25) is 4.79 Å². The molecule has 0 radical (unpaired) electrons. The average molecular weight is 259 g/mol. The summed E-state index contributed by atoms with van der Waals surface area (Å²) in [5.74, 6) is 2.42. The summed E-state index contributed by atoms with van der Waals surface area (Å²) in [5, 5.41) is 8.69. The standard InChI is InChI=1S/C13H25NO2S/c1-2-17-10-4-9-14-8-3-5-12(11-14)6-7-13(15)16/h12H,2-11H2,1H3,(H,15,16). The second kappa shape index (κ2) is 8.81. The highest BCUT2D eigenvalue weighted by molar-refractivity contribution is 7.99. The van der Waals surface area contributed by atoms with Crippen molar-refractivity contribution in [3.63, 3.8) is 0 Å². The third kappa shape index (κ3) is 6.94. The van der Waals surface area contributed by atoms with Gasteiger partial charge in [-0.05, 0) is 56.2 Å². The summed E-state index contributed by atoms with van der Waals surface area (Å²) in [6, 6.07) is 0. The number of hydrogen-bond acceptors (Lipinski definition) is 3. The zero-order valence-corrected chi connectivity index (χ0v) is 11.7. The predicted molar refractivity (Wildman–Crippen MR) is 73.6 cm³/mol. The molecule has 1 atom stereocenters. The van der Waals surface area contributed by atoms with Gasteiger partial charge < -0.3 is 10.0 Å². The van der Waals surface area contributed by atoms with Gasteiger partial charge in [0.1, 0.15) is 0 Å². The lowest BCUT2D eigenvalue weighted by Crippen LogP contribution is -2.36. The van der Waals surface area contributed by atoms with E-state index in [9.17, 15) is 4.79 Å². The number of nitrogens with zero attached hydrogens (tertiary/aromatic N) is 1. The third-order valence-corrected chi connectivity index (χ3v) is 4.32. The van der Waals surface area contributed by atoms with Crippen LogP contribution in [0.5, 0.6) is 0 Å². The average Bonchev–Trinajstić information content (AvgIpc) is 2.33. The minimum atomic E-state index is -0.651. The maximum absolute atomic E-state index is 10.6. The Kier molecular flexibility index (Phi) is 7.69. The van der Waals surface area contributed by atoms with Crippen molar-refractivity contribution < 1.29 is 9.90 Å². The van der Waals surface area contributed by atoms with E-state index in [0.29, 0.717) is 12.3 Å². The van der Waals surface area contributed by atoms with E-state index in [-0.39, 0.29) is 0 Å². The van der Waals surface area contributed by atoms with E-state index in [0.717, 1.165) is 13.0 Å². The Bertz CT molecular complexity index is 223. The summed E-state index contributed by atoms with van der Waals surface area (Å²) in [7, 11) is 0. The normalized spacial score (nSPS) is 21.6. The van der Waals surface area contributed by atoms with Gasteiger partial charge in [-0.1, -0.05) is 6.92 Å². The Hall–Kier alpha value is -0.220. The SMILES string of the molecule is CCSCCCN1CCCC(CCC(=O)O)C1. The molecule has 1 heterocycles. The fourth-order valence-electron chi connectivity index (χ4n) is 2.45. The number of aliphatic carboxylic acids is 1. The van der Waals surface area contributed by atoms with E-state index >= 15 is 0 Å². The zero-order valence-electron chi connectivity index (χ0n) is 10.9. The van der Waals surface area contributed by atoms with Crippen LogP contribution in [0.2, 0.25) is 0 Å². The van der Waals surface area contributed by atoms with Gasteiger partial charge in [0.25, 0.3) is 0 Å². The van der Waals surface area contributed by atoms with Crippen LogP contribution in [-0.4, -0.2) is 47.1 Å². The van der Waals surface area contributed by atoms with Crippen LogP contribution in [0.4, 0.5) is 0 Å². The van der Waals surface area contributed by atoms with Crippen LogP contribution in [0.1, 0.15) is 39.0 Å². The summed E-state index contributed by atoms with van der Waals surface area (Å²) in [5.41, 5.74) is 0. The first-order valence-electron chi connectivity index (χ1n) is 6.74. The first kappa shape index (κ1) is 14.8. The molecule has 100 valence electrons. The molecular formula is C13H25NO2S. The van der Waals surface area contributed by atoms with Crippen LogP contribution in [0, 0.1) is 5.92 Å². The van der Waals surface area contributed by atoms with E-state index in [2.05, 4.69) is 11.8 Å². The molecule has 0 bridgehead atoms. The Morgan fingerprint density at radius 2 is 2.35 bits per heavy atom. The summed E-state index contributed by atoms with van der Waals surface area (Å²) < 4.78 is 0. The van der Waals surface area contributed by atoms with Gasteiger partial charge in [-0.2, -0.15) is 11.8 Å². The fourth-order valence-corrected chi connectivity index (χ4v) is 3.07. The number of likely N-dealkylation sites (tertiary alicyclic amines) is 1. The van der Waals surface area contributed by atoms with Crippen LogP contribution in [0.25, 0.3) is 0 Å². The lowest BCUT2D eigenvalue weighted by atomic mass is 9.93. The van der Waals surface area contributed by atoms with Crippen molar-refractivity contribution in [1.82, 2.24) is 4.90 Å². The Balaban J connectivity index is 2.12. The van der Waals surface area contributed by atoms with E-state index in [1.807, 2.05) is 11.8 Å². The smallest absolute Gasteiger partial charge is 0.303 e. The molecule has 0 spiro atoms. The van der Waals surface area contributed by atoms with Gasteiger partial charge in [-0.25, -0.2) is 0 Å². The second-order valence-corrected chi connectivity index (χ2v) is 6.19. The number of hydrogen-bond donors (Lipinski definition) is 1. The predicted octanol–water partition coefficient (Wildman–Crippen LogP) is 2.71. The van der Waals surface area contributed by atoms with Gasteiger partial charge in [0.15, 0.2) is 0 Å². The third-order valence-electron chi connectivity index (χ3n) is 3.34. The molecule has 0 aliphatic carbocycles. The monoisotopic (exact) mass is 259 g/mol. The number of rotatable bonds is 8. The molecule has 0 amide bonds. The fraction of sp³-hybridized carbons (Fsp3) is 0.923. The maximum Gasteiger partial charge on any atom is 0.303 e. The van der Waals surface area contributed by atoms with E-state index in [4.69, 9.17) is 5.11 Å². The van der Waals surface area contributed by atoms with Gasteiger partial charge in [0.05, 0.1) is 0 Å². The number of thioether (sulfide) groups is 1. The van der Waals surface area contributed by atoms with Crippen LogP contribution < -0.4 is 0 Å². The quantitative estimate of drug-likeness (QED) is 0.680. The molecule has 1 saturated heterocycles. The number of carbonyl (C=O) groups is 1. The van der Waals surface area contributed by atoms with Crippen molar-refractivity contribution in [3.8, 4) is 0 Å². The molecule has 3 nitrogen and oxygen atoms in total. The topological polar surface area (TPSA) is 40.5 Å². The number of carboxylic acid groups (broad SMARTS) is 1. The molecule has 0 saturated carbocycles. The first-order chi connectivity index (χ1) is 8.22. The summed E-state index contributed by atoms with van der Waals surface area (Å²) in [6.07, 6.45) is 4.92. The van der Waals surface area contributed by atoms with Crippen molar-refractivity contribution >= 4 is 17.7 Å². The number of carboxylic acids is 1. The highest BCUT2D eigenvalue weighted by Gasteiger charge is 2.19. The molecule has 1 unspecified atom stereocenters. The molecule has 1 rings (SSSR count). The Morgan fingerprint density at radius 1 is 1.53 bits per heavy atom. The molecule has 4 heteroatoms. The van der Waals surface area contributed by atoms with Crippen LogP contribution in [0.15, 0.2) is 0 Å². The van der Waals surface area contributed by atoms with Crippen molar-refractivity contribution in [2.45, 2.75) is 39.0 Å². The molecule has 1 aliphatic rings. The highest BCUT2D eigenvalue weighted by atomic mass is 32.2. The minimum absolute atomic E-state index is 0.337.